The van der Waals surface area contributed by atoms with Crippen LogP contribution >= 0.6 is 0 Å². The van der Waals surface area contributed by atoms with E-state index in [-0.39, 0.29) is 0 Å². The molecule has 0 amide bonds. The Balaban J connectivity index is 1.36. The maximum Gasteiger partial charge on any atom is 0.203 e. The van der Waals surface area contributed by atoms with Gasteiger partial charge in [0.2, 0.25) is 5.95 Å². The van der Waals surface area contributed by atoms with Crippen LogP contribution in [0.2, 0.25) is 0 Å². The lowest BCUT2D eigenvalue weighted by molar-refractivity contribution is 0.172. The number of aromatic amines is 1. The SMILES string of the molecule is c1ccc(N2CCN(c3nc4cc5c(cc4[nH]3)OCCO5)CC2)nc1. The molecule has 128 valence electrons. The van der Waals surface area contributed by atoms with Gasteiger partial charge in [-0.3, -0.25) is 0 Å². The average molecular weight is 337 g/mol. The molecule has 7 nitrogen and oxygen atoms in total. The minimum atomic E-state index is 0.589. The van der Waals surface area contributed by atoms with E-state index in [1.165, 1.54) is 0 Å². The van der Waals surface area contributed by atoms with Crippen LogP contribution in [0, 0.1) is 0 Å². The average Bonchev–Trinajstić information content (AvgIpc) is 3.10. The first kappa shape index (κ1) is 14.4. The molecule has 1 N–H and O–H groups in total. The lowest BCUT2D eigenvalue weighted by Crippen LogP contribution is -2.47. The van der Waals surface area contributed by atoms with Crippen LogP contribution in [0.25, 0.3) is 11.0 Å². The second kappa shape index (κ2) is 5.84. The van der Waals surface area contributed by atoms with Crippen molar-refractivity contribution in [2.75, 3.05) is 49.2 Å². The summed E-state index contributed by atoms with van der Waals surface area (Å²) >= 11 is 0. The summed E-state index contributed by atoms with van der Waals surface area (Å²) in [5, 5.41) is 0. The summed E-state index contributed by atoms with van der Waals surface area (Å²) < 4.78 is 11.3. The molecule has 25 heavy (non-hydrogen) atoms. The highest BCUT2D eigenvalue weighted by Crippen LogP contribution is 2.34. The third-order valence-corrected chi connectivity index (χ3v) is 4.69. The third kappa shape index (κ3) is 2.61. The highest BCUT2D eigenvalue weighted by Gasteiger charge is 2.21. The summed E-state index contributed by atoms with van der Waals surface area (Å²) in [6.45, 7) is 4.85. The van der Waals surface area contributed by atoms with Gasteiger partial charge in [-0.1, -0.05) is 6.07 Å². The monoisotopic (exact) mass is 337 g/mol. The molecule has 7 heteroatoms. The minimum absolute atomic E-state index is 0.589. The highest BCUT2D eigenvalue weighted by molar-refractivity contribution is 5.82. The maximum absolute atomic E-state index is 5.65. The number of anilines is 2. The van der Waals surface area contributed by atoms with Crippen LogP contribution in [-0.2, 0) is 0 Å². The lowest BCUT2D eigenvalue weighted by Gasteiger charge is -2.35. The fourth-order valence-corrected chi connectivity index (χ4v) is 3.37. The van der Waals surface area contributed by atoms with Crippen LogP contribution in [0.1, 0.15) is 0 Å². The topological polar surface area (TPSA) is 66.5 Å². The van der Waals surface area contributed by atoms with Crippen molar-refractivity contribution < 1.29 is 9.47 Å². The molecule has 0 unspecified atom stereocenters. The number of fused-ring (bicyclic) bond motifs is 2. The molecule has 0 radical (unpaired) electrons. The normalized spacial score (nSPS) is 17.1. The molecule has 0 bridgehead atoms. The van der Waals surface area contributed by atoms with Crippen LogP contribution in [0.3, 0.4) is 0 Å². The second-order valence-electron chi connectivity index (χ2n) is 6.24. The third-order valence-electron chi connectivity index (χ3n) is 4.69. The van der Waals surface area contributed by atoms with E-state index < -0.39 is 0 Å². The number of H-pyrrole nitrogens is 1. The maximum atomic E-state index is 5.65. The van der Waals surface area contributed by atoms with Crippen molar-refractivity contribution in [3.05, 3.63) is 36.5 Å². The number of nitrogens with zero attached hydrogens (tertiary/aromatic N) is 4. The number of aromatic nitrogens is 3. The number of rotatable bonds is 2. The van der Waals surface area contributed by atoms with E-state index in [0.717, 1.165) is 60.5 Å². The van der Waals surface area contributed by atoms with E-state index in [1.54, 1.807) is 0 Å². The van der Waals surface area contributed by atoms with Gasteiger partial charge < -0.3 is 24.3 Å². The van der Waals surface area contributed by atoms with Gasteiger partial charge >= 0.3 is 0 Å². The molecule has 0 spiro atoms. The van der Waals surface area contributed by atoms with Gasteiger partial charge in [0.15, 0.2) is 11.5 Å². The lowest BCUT2D eigenvalue weighted by atomic mass is 10.2. The Morgan fingerprint density at radius 3 is 2.44 bits per heavy atom. The molecule has 1 aromatic carbocycles. The van der Waals surface area contributed by atoms with Crippen molar-refractivity contribution >= 4 is 22.8 Å². The van der Waals surface area contributed by atoms with E-state index in [1.807, 2.05) is 30.5 Å². The smallest absolute Gasteiger partial charge is 0.203 e. The Hall–Kier alpha value is -2.96. The van der Waals surface area contributed by atoms with Crippen LogP contribution < -0.4 is 19.3 Å². The largest absolute Gasteiger partial charge is 0.486 e. The van der Waals surface area contributed by atoms with Crippen molar-refractivity contribution in [2.24, 2.45) is 0 Å². The predicted octanol–water partition coefficient (Wildman–Crippen LogP) is 2.06. The van der Waals surface area contributed by atoms with Gasteiger partial charge in [-0.15, -0.1) is 0 Å². The van der Waals surface area contributed by atoms with Crippen LogP contribution in [-0.4, -0.2) is 54.3 Å². The van der Waals surface area contributed by atoms with Crippen LogP contribution in [0.15, 0.2) is 36.5 Å². The molecular formula is C18H19N5O2. The second-order valence-corrected chi connectivity index (χ2v) is 6.24. The number of ether oxygens (including phenoxy) is 2. The number of hydrogen-bond donors (Lipinski definition) is 1. The molecule has 3 aromatic rings. The van der Waals surface area contributed by atoms with Crippen molar-refractivity contribution in [2.45, 2.75) is 0 Å². The fourth-order valence-electron chi connectivity index (χ4n) is 3.37. The summed E-state index contributed by atoms with van der Waals surface area (Å²) in [7, 11) is 0. The number of imidazole rings is 1. The van der Waals surface area contributed by atoms with Gasteiger partial charge in [-0.2, -0.15) is 0 Å². The standard InChI is InChI=1S/C18H19N5O2/c1-2-4-19-17(3-1)22-5-7-23(8-6-22)18-20-13-11-15-16(12-14(13)21-18)25-10-9-24-15/h1-4,11-12H,5-10H2,(H,20,21). The van der Waals surface area contributed by atoms with Crippen molar-refractivity contribution in [1.82, 2.24) is 15.0 Å². The molecule has 1 fully saturated rings. The molecule has 0 atom stereocenters. The number of benzene rings is 1. The van der Waals surface area contributed by atoms with E-state index in [2.05, 4.69) is 25.8 Å². The quantitative estimate of drug-likeness (QED) is 0.772. The summed E-state index contributed by atoms with van der Waals surface area (Å²) in [6.07, 6.45) is 1.84. The van der Waals surface area contributed by atoms with Crippen molar-refractivity contribution in [3.63, 3.8) is 0 Å². The first-order chi connectivity index (χ1) is 12.4. The Morgan fingerprint density at radius 1 is 0.920 bits per heavy atom. The van der Waals surface area contributed by atoms with E-state index in [9.17, 15) is 0 Å². The molecule has 0 saturated carbocycles. The van der Waals surface area contributed by atoms with Gasteiger partial charge in [0.05, 0.1) is 11.0 Å². The van der Waals surface area contributed by atoms with Gasteiger partial charge in [0.1, 0.15) is 19.0 Å². The molecule has 0 aliphatic carbocycles. The Labute approximate surface area is 145 Å². The van der Waals surface area contributed by atoms with Gasteiger partial charge in [-0.05, 0) is 12.1 Å². The minimum Gasteiger partial charge on any atom is -0.486 e. The van der Waals surface area contributed by atoms with Crippen LogP contribution in [0.4, 0.5) is 11.8 Å². The summed E-state index contributed by atoms with van der Waals surface area (Å²) in [5.74, 6) is 3.50. The first-order valence-electron chi connectivity index (χ1n) is 8.57. The number of pyridine rings is 1. The molecule has 5 rings (SSSR count). The zero-order chi connectivity index (χ0) is 16.6. The van der Waals surface area contributed by atoms with Crippen LogP contribution in [0.5, 0.6) is 11.5 Å². The Morgan fingerprint density at radius 2 is 1.68 bits per heavy atom. The number of nitrogens with one attached hydrogen (secondary N) is 1. The van der Waals surface area contributed by atoms with E-state index in [4.69, 9.17) is 14.5 Å². The Kier molecular flexibility index (Phi) is 3.36. The van der Waals surface area contributed by atoms with E-state index >= 15 is 0 Å². The summed E-state index contributed by atoms with van der Waals surface area (Å²) in [6, 6.07) is 9.96. The molecule has 2 aliphatic heterocycles. The number of piperazine rings is 1. The van der Waals surface area contributed by atoms with Crippen molar-refractivity contribution in [3.8, 4) is 11.5 Å². The molecule has 1 saturated heterocycles. The summed E-state index contributed by atoms with van der Waals surface area (Å²) in [5.41, 5.74) is 1.89. The molecule has 4 heterocycles. The molecular weight excluding hydrogens is 318 g/mol. The summed E-state index contributed by atoms with van der Waals surface area (Å²) in [4.78, 5) is 17.2. The highest BCUT2D eigenvalue weighted by atomic mass is 16.6. The van der Waals surface area contributed by atoms with E-state index in [0.29, 0.717) is 13.2 Å². The number of hydrogen-bond acceptors (Lipinski definition) is 6. The molecule has 2 aromatic heterocycles. The van der Waals surface area contributed by atoms with Gasteiger partial charge in [0, 0.05) is 44.5 Å². The molecule has 2 aliphatic rings. The zero-order valence-electron chi connectivity index (χ0n) is 13.8. The van der Waals surface area contributed by atoms with Gasteiger partial charge in [0.25, 0.3) is 0 Å². The first-order valence-corrected chi connectivity index (χ1v) is 8.57. The fraction of sp³-hybridized carbons (Fsp3) is 0.333. The van der Waals surface area contributed by atoms with Crippen molar-refractivity contribution in [1.29, 1.82) is 0 Å². The Bertz CT molecular complexity index is 844. The zero-order valence-corrected chi connectivity index (χ0v) is 13.8. The van der Waals surface area contributed by atoms with Gasteiger partial charge in [-0.25, -0.2) is 9.97 Å². The predicted molar refractivity (Wildman–Crippen MR) is 95.7 cm³/mol.